The van der Waals surface area contributed by atoms with Gasteiger partial charge in [0.2, 0.25) is 5.91 Å². The van der Waals surface area contributed by atoms with Gasteiger partial charge in [-0.1, -0.05) is 12.1 Å². The van der Waals surface area contributed by atoms with Gasteiger partial charge in [-0.3, -0.25) is 9.59 Å². The lowest BCUT2D eigenvalue weighted by molar-refractivity contribution is -0.138. The normalized spacial score (nSPS) is 17.3. The molecule has 1 aliphatic rings. The Hall–Kier alpha value is -3.48. The van der Waals surface area contributed by atoms with Gasteiger partial charge in [-0.15, -0.1) is 0 Å². The Morgan fingerprint density at radius 2 is 1.97 bits per heavy atom. The van der Waals surface area contributed by atoms with E-state index in [9.17, 15) is 14.0 Å². The Kier molecular flexibility index (Phi) is 6.08. The highest BCUT2D eigenvalue weighted by Crippen LogP contribution is 2.31. The number of ether oxygens (including phenoxy) is 1. The molecule has 1 aliphatic heterocycles. The quantitative estimate of drug-likeness (QED) is 0.422. The SMILES string of the molecule is COc1cc(C(=O)C2CCCN(C(C)c3ccc(F)cc3)C2=O)ccc1-n1cnc(C)c1. The van der Waals surface area contributed by atoms with Crippen LogP contribution in [0.5, 0.6) is 5.75 Å². The molecular weight excluding hydrogens is 409 g/mol. The molecule has 1 aromatic heterocycles. The molecule has 32 heavy (non-hydrogen) atoms. The number of carbonyl (C=O) groups is 2. The second kappa shape index (κ2) is 8.94. The number of methoxy groups -OCH3 is 1. The third-order valence-electron chi connectivity index (χ3n) is 6.06. The van der Waals surface area contributed by atoms with Gasteiger partial charge in [-0.25, -0.2) is 9.37 Å². The van der Waals surface area contributed by atoms with Crippen molar-refractivity contribution in [2.75, 3.05) is 13.7 Å². The second-order valence-electron chi connectivity index (χ2n) is 8.13. The number of Topliss-reactive ketones (excluding diaryl/α,β-unsaturated/α-hetero) is 1. The summed E-state index contributed by atoms with van der Waals surface area (Å²) in [5, 5.41) is 0. The number of rotatable bonds is 6. The van der Waals surface area contributed by atoms with E-state index in [2.05, 4.69) is 4.98 Å². The Morgan fingerprint density at radius 1 is 1.22 bits per heavy atom. The van der Waals surface area contributed by atoms with Gasteiger partial charge in [0, 0.05) is 18.3 Å². The Morgan fingerprint density at radius 3 is 2.62 bits per heavy atom. The minimum absolute atomic E-state index is 0.189. The van der Waals surface area contributed by atoms with Gasteiger partial charge in [0.25, 0.3) is 0 Å². The Labute approximate surface area is 186 Å². The van der Waals surface area contributed by atoms with Crippen molar-refractivity contribution in [3.05, 3.63) is 77.6 Å². The van der Waals surface area contributed by atoms with Gasteiger partial charge in [0.1, 0.15) is 17.5 Å². The van der Waals surface area contributed by atoms with E-state index in [1.54, 1.807) is 48.7 Å². The summed E-state index contributed by atoms with van der Waals surface area (Å²) in [5.74, 6) is -0.919. The van der Waals surface area contributed by atoms with Crippen LogP contribution in [0.4, 0.5) is 4.39 Å². The zero-order valence-electron chi connectivity index (χ0n) is 18.4. The van der Waals surface area contributed by atoms with Crippen LogP contribution in [0.1, 0.15) is 47.4 Å². The van der Waals surface area contributed by atoms with E-state index < -0.39 is 5.92 Å². The summed E-state index contributed by atoms with van der Waals surface area (Å²) in [6.07, 6.45) is 4.80. The Balaban J connectivity index is 1.57. The van der Waals surface area contributed by atoms with E-state index in [-0.39, 0.29) is 23.5 Å². The van der Waals surface area contributed by atoms with E-state index in [4.69, 9.17) is 4.74 Å². The number of imidazole rings is 1. The zero-order chi connectivity index (χ0) is 22.8. The first kappa shape index (κ1) is 21.7. The van der Waals surface area contributed by atoms with Crippen LogP contribution in [0, 0.1) is 18.7 Å². The van der Waals surface area contributed by atoms with Crippen LogP contribution in [-0.2, 0) is 4.79 Å². The summed E-state index contributed by atoms with van der Waals surface area (Å²) < 4.78 is 20.6. The van der Waals surface area contributed by atoms with Crippen LogP contribution in [-0.4, -0.2) is 39.8 Å². The number of carbonyl (C=O) groups excluding carboxylic acids is 2. The number of ketones is 1. The van der Waals surface area contributed by atoms with E-state index in [0.29, 0.717) is 24.3 Å². The van der Waals surface area contributed by atoms with Crippen molar-refractivity contribution >= 4 is 11.7 Å². The van der Waals surface area contributed by atoms with E-state index in [1.807, 2.05) is 24.6 Å². The molecule has 0 bridgehead atoms. The van der Waals surface area contributed by atoms with Crippen molar-refractivity contribution in [3.63, 3.8) is 0 Å². The highest BCUT2D eigenvalue weighted by molar-refractivity contribution is 6.10. The monoisotopic (exact) mass is 435 g/mol. The second-order valence-corrected chi connectivity index (χ2v) is 8.13. The first-order valence-electron chi connectivity index (χ1n) is 10.7. The summed E-state index contributed by atoms with van der Waals surface area (Å²) in [6.45, 7) is 4.38. The average molecular weight is 435 g/mol. The van der Waals surface area contributed by atoms with Crippen molar-refractivity contribution in [1.82, 2.24) is 14.5 Å². The van der Waals surface area contributed by atoms with Crippen LogP contribution in [0.25, 0.3) is 5.69 Å². The van der Waals surface area contributed by atoms with Crippen LogP contribution >= 0.6 is 0 Å². The standard InChI is InChI=1S/C25H26FN3O3/c1-16-14-28(15-27-16)22-11-8-19(13-23(22)32-3)24(30)21-5-4-12-29(25(21)31)17(2)18-6-9-20(26)10-7-18/h6-11,13-15,17,21H,4-5,12H2,1-3H3. The van der Waals surface area contributed by atoms with Gasteiger partial charge >= 0.3 is 0 Å². The van der Waals surface area contributed by atoms with E-state index in [0.717, 1.165) is 23.4 Å². The average Bonchev–Trinajstić information content (AvgIpc) is 3.24. The molecule has 0 spiro atoms. The van der Waals surface area contributed by atoms with Gasteiger partial charge in [0.15, 0.2) is 5.78 Å². The van der Waals surface area contributed by atoms with Gasteiger partial charge in [-0.05, 0) is 62.6 Å². The maximum Gasteiger partial charge on any atom is 0.234 e. The molecule has 1 saturated heterocycles. The predicted molar refractivity (Wildman–Crippen MR) is 118 cm³/mol. The number of aromatic nitrogens is 2. The van der Waals surface area contributed by atoms with Crippen LogP contribution in [0.15, 0.2) is 55.0 Å². The molecule has 1 fully saturated rings. The maximum atomic E-state index is 13.3. The largest absolute Gasteiger partial charge is 0.495 e. The van der Waals surface area contributed by atoms with Crippen molar-refractivity contribution in [1.29, 1.82) is 0 Å². The van der Waals surface area contributed by atoms with Crippen molar-refractivity contribution in [2.24, 2.45) is 5.92 Å². The summed E-state index contributed by atoms with van der Waals surface area (Å²) >= 11 is 0. The molecule has 0 saturated carbocycles. The summed E-state index contributed by atoms with van der Waals surface area (Å²) in [6, 6.07) is 11.1. The van der Waals surface area contributed by atoms with Crippen molar-refractivity contribution < 1.29 is 18.7 Å². The predicted octanol–water partition coefficient (Wildman–Crippen LogP) is 4.51. The lowest BCUT2D eigenvalue weighted by atomic mass is 9.87. The van der Waals surface area contributed by atoms with E-state index >= 15 is 0 Å². The zero-order valence-corrected chi connectivity index (χ0v) is 18.4. The molecule has 2 heterocycles. The molecule has 7 heteroatoms. The fourth-order valence-electron chi connectivity index (χ4n) is 4.25. The van der Waals surface area contributed by atoms with Crippen molar-refractivity contribution in [3.8, 4) is 11.4 Å². The summed E-state index contributed by atoms with van der Waals surface area (Å²) in [5.41, 5.74) is 2.92. The summed E-state index contributed by atoms with van der Waals surface area (Å²) in [4.78, 5) is 32.5. The molecule has 166 valence electrons. The smallest absolute Gasteiger partial charge is 0.234 e. The van der Waals surface area contributed by atoms with Crippen LogP contribution in [0.2, 0.25) is 0 Å². The fourth-order valence-corrected chi connectivity index (χ4v) is 4.25. The molecule has 2 atom stereocenters. The lowest BCUT2D eigenvalue weighted by Crippen LogP contribution is -2.45. The number of benzene rings is 2. The third-order valence-corrected chi connectivity index (χ3v) is 6.06. The van der Waals surface area contributed by atoms with E-state index in [1.165, 1.54) is 12.1 Å². The molecule has 2 aromatic carbocycles. The number of likely N-dealkylation sites (tertiary alicyclic amines) is 1. The first-order valence-corrected chi connectivity index (χ1v) is 10.7. The molecule has 0 N–H and O–H groups in total. The number of piperidine rings is 1. The molecule has 1 amide bonds. The molecular formula is C25H26FN3O3. The molecule has 6 nitrogen and oxygen atoms in total. The molecule has 0 radical (unpaired) electrons. The number of nitrogens with zero attached hydrogens (tertiary/aromatic N) is 3. The third kappa shape index (κ3) is 4.15. The van der Waals surface area contributed by atoms with Crippen LogP contribution < -0.4 is 4.74 Å². The molecule has 4 rings (SSSR count). The van der Waals surface area contributed by atoms with Crippen LogP contribution in [0.3, 0.4) is 0 Å². The number of hydrogen-bond donors (Lipinski definition) is 0. The first-order chi connectivity index (χ1) is 15.4. The van der Waals surface area contributed by atoms with Gasteiger partial charge in [0.05, 0.1) is 30.9 Å². The number of aryl methyl sites for hydroxylation is 1. The summed E-state index contributed by atoms with van der Waals surface area (Å²) in [7, 11) is 1.55. The van der Waals surface area contributed by atoms with Crippen molar-refractivity contribution in [2.45, 2.75) is 32.7 Å². The number of hydrogen-bond acceptors (Lipinski definition) is 4. The Bertz CT molecular complexity index is 1140. The molecule has 2 unspecified atom stereocenters. The highest BCUT2D eigenvalue weighted by Gasteiger charge is 2.37. The molecule has 0 aliphatic carbocycles. The topological polar surface area (TPSA) is 64.4 Å². The van der Waals surface area contributed by atoms with Gasteiger partial charge in [-0.2, -0.15) is 0 Å². The minimum atomic E-state index is -0.738. The van der Waals surface area contributed by atoms with Gasteiger partial charge < -0.3 is 14.2 Å². The highest BCUT2D eigenvalue weighted by atomic mass is 19.1. The number of halogens is 1. The minimum Gasteiger partial charge on any atom is -0.495 e. The fraction of sp³-hybridized carbons (Fsp3) is 0.320. The number of amides is 1. The lowest BCUT2D eigenvalue weighted by Gasteiger charge is -2.36. The molecule has 3 aromatic rings. The maximum absolute atomic E-state index is 13.3.